The average molecular weight is 560 g/mol. The second-order valence-electron chi connectivity index (χ2n) is 13.4. The summed E-state index contributed by atoms with van der Waals surface area (Å²) >= 11 is 0. The van der Waals surface area contributed by atoms with E-state index in [1.807, 2.05) is 33.9 Å². The van der Waals surface area contributed by atoms with E-state index in [4.69, 9.17) is 0 Å². The van der Waals surface area contributed by atoms with Crippen molar-refractivity contribution < 1.29 is 14.4 Å². The zero-order chi connectivity index (χ0) is 29.6. The molecule has 8 heteroatoms. The largest absolute Gasteiger partial charge is 0.343 e. The van der Waals surface area contributed by atoms with Crippen LogP contribution in [0.3, 0.4) is 0 Å². The topological polar surface area (TPSA) is 76.2 Å². The Hall–Kier alpha value is -1.93. The van der Waals surface area contributed by atoms with E-state index < -0.39 is 6.04 Å². The second kappa shape index (κ2) is 14.8. The number of carbonyl (C=O) groups excluding carboxylic acids is 3. The van der Waals surface area contributed by atoms with Crippen molar-refractivity contribution >= 4 is 17.7 Å². The highest BCUT2D eigenvalue weighted by molar-refractivity contribution is 5.94. The minimum Gasteiger partial charge on any atom is -0.343 e. The number of hydrogen-bond acceptors (Lipinski definition) is 5. The Kier molecular flexibility index (Phi) is 12.1. The first-order valence-electron chi connectivity index (χ1n) is 16.0. The van der Waals surface area contributed by atoms with E-state index in [0.717, 1.165) is 64.8 Å². The Morgan fingerprint density at radius 2 is 1.52 bits per heavy atom. The van der Waals surface area contributed by atoms with Crippen molar-refractivity contribution in [3.05, 3.63) is 11.6 Å². The highest BCUT2D eigenvalue weighted by Crippen LogP contribution is 2.24. The molecule has 3 amide bonds. The van der Waals surface area contributed by atoms with Crippen molar-refractivity contribution in [3.63, 3.8) is 0 Å². The van der Waals surface area contributed by atoms with Gasteiger partial charge >= 0.3 is 0 Å². The molecule has 3 heterocycles. The van der Waals surface area contributed by atoms with Crippen LogP contribution in [0.15, 0.2) is 11.6 Å². The second-order valence-corrected chi connectivity index (χ2v) is 13.4. The molecule has 3 aliphatic heterocycles. The summed E-state index contributed by atoms with van der Waals surface area (Å²) in [7, 11) is 1.82. The molecule has 4 atom stereocenters. The molecule has 1 N–H and O–H groups in total. The number of likely N-dealkylation sites (tertiary alicyclic amines) is 3. The summed E-state index contributed by atoms with van der Waals surface area (Å²) in [5.41, 5.74) is 0.701. The van der Waals surface area contributed by atoms with E-state index in [9.17, 15) is 14.4 Å². The lowest BCUT2D eigenvalue weighted by Gasteiger charge is -2.39. The summed E-state index contributed by atoms with van der Waals surface area (Å²) in [6, 6.07) is -0.480. The molecule has 40 heavy (non-hydrogen) atoms. The predicted octanol–water partition coefficient (Wildman–Crippen LogP) is 3.91. The maximum Gasteiger partial charge on any atom is 0.249 e. The number of piperidine rings is 1. The quantitative estimate of drug-likeness (QED) is 0.389. The molecule has 3 saturated heterocycles. The maximum absolute atomic E-state index is 13.9. The lowest BCUT2D eigenvalue weighted by atomic mass is 9.95. The van der Waals surface area contributed by atoms with Gasteiger partial charge in [0.2, 0.25) is 17.7 Å². The number of nitrogens with zero attached hydrogens (tertiary/aromatic N) is 4. The SMILES string of the molecule is C/C(=C\[C@H](C(C)C)N(C)C(=O)C(NC(=O)C1CCCCN1C(C)C)C(C)C)C(=O)N1CCCC1CN1CCCC1. The lowest BCUT2D eigenvalue weighted by molar-refractivity contribution is -0.140. The molecule has 0 aromatic carbocycles. The molecule has 0 spiro atoms. The number of rotatable bonds is 11. The third-order valence-electron chi connectivity index (χ3n) is 9.28. The zero-order valence-electron chi connectivity index (χ0n) is 26.6. The Morgan fingerprint density at radius 3 is 2.12 bits per heavy atom. The molecule has 0 aromatic heterocycles. The normalized spacial score (nSPS) is 24.7. The fourth-order valence-corrected chi connectivity index (χ4v) is 6.84. The number of hydrogen-bond donors (Lipinski definition) is 1. The van der Waals surface area contributed by atoms with Crippen LogP contribution in [-0.4, -0.2) is 107 Å². The number of carbonyl (C=O) groups is 3. The molecule has 8 nitrogen and oxygen atoms in total. The summed E-state index contributed by atoms with van der Waals surface area (Å²) in [5.74, 6) is 0.0147. The van der Waals surface area contributed by atoms with E-state index in [-0.39, 0.29) is 53.7 Å². The number of nitrogens with one attached hydrogen (secondary N) is 1. The standard InChI is InChI=1S/C32H57N5O3/c1-22(2)28(20-25(7)31(39)37-19-13-14-26(37)21-35-16-11-12-17-35)34(8)32(40)29(23(3)4)33-30(38)27-15-9-10-18-36(27)24(5)6/h20,22-24,26-29H,9-19,21H2,1-8H3,(H,33,38)/b25-20+/t26?,27?,28-,29?/m1/s1. The van der Waals surface area contributed by atoms with Crippen molar-refractivity contribution in [1.82, 2.24) is 24.9 Å². The van der Waals surface area contributed by atoms with E-state index in [0.29, 0.717) is 5.57 Å². The van der Waals surface area contributed by atoms with Gasteiger partial charge in [-0.1, -0.05) is 40.2 Å². The van der Waals surface area contributed by atoms with Crippen LogP contribution < -0.4 is 5.32 Å². The summed E-state index contributed by atoms with van der Waals surface area (Å²) in [6.07, 6.45) is 9.57. The first-order valence-corrected chi connectivity index (χ1v) is 16.0. The monoisotopic (exact) mass is 559 g/mol. The van der Waals surface area contributed by atoms with Crippen LogP contribution in [0.25, 0.3) is 0 Å². The molecule has 3 rings (SSSR count). The molecule has 3 aliphatic rings. The van der Waals surface area contributed by atoms with Gasteiger partial charge in [-0.15, -0.1) is 0 Å². The van der Waals surface area contributed by atoms with Gasteiger partial charge in [-0.3, -0.25) is 19.3 Å². The van der Waals surface area contributed by atoms with Crippen molar-refractivity contribution in [2.24, 2.45) is 11.8 Å². The molecular weight excluding hydrogens is 502 g/mol. The fourth-order valence-electron chi connectivity index (χ4n) is 6.84. The minimum absolute atomic E-state index is 0.0464. The summed E-state index contributed by atoms with van der Waals surface area (Å²) < 4.78 is 0. The molecular formula is C32H57N5O3. The molecule has 0 radical (unpaired) electrons. The first kappa shape index (κ1) is 32.6. The van der Waals surface area contributed by atoms with E-state index in [2.05, 4.69) is 47.7 Å². The van der Waals surface area contributed by atoms with Crippen molar-refractivity contribution in [2.45, 2.75) is 124 Å². The van der Waals surface area contributed by atoms with Crippen LogP contribution >= 0.6 is 0 Å². The highest BCUT2D eigenvalue weighted by atomic mass is 16.2. The summed E-state index contributed by atoms with van der Waals surface area (Å²) in [5, 5.41) is 3.13. The van der Waals surface area contributed by atoms with E-state index in [1.54, 1.807) is 4.90 Å². The molecule has 0 aliphatic carbocycles. The third-order valence-corrected chi connectivity index (χ3v) is 9.28. The first-order chi connectivity index (χ1) is 18.9. The van der Waals surface area contributed by atoms with Gasteiger partial charge in [0.25, 0.3) is 0 Å². The van der Waals surface area contributed by atoms with Gasteiger partial charge in [-0.25, -0.2) is 0 Å². The van der Waals surface area contributed by atoms with Crippen molar-refractivity contribution in [1.29, 1.82) is 0 Å². The van der Waals surface area contributed by atoms with Crippen LogP contribution in [0.5, 0.6) is 0 Å². The minimum atomic E-state index is -0.609. The smallest absolute Gasteiger partial charge is 0.249 e. The Bertz CT molecular complexity index is 895. The Labute approximate surface area is 243 Å². The van der Waals surface area contributed by atoms with Gasteiger partial charge in [0, 0.05) is 37.8 Å². The molecule has 0 saturated carbocycles. The van der Waals surface area contributed by atoms with Gasteiger partial charge in [-0.05, 0) is 90.8 Å². The van der Waals surface area contributed by atoms with Gasteiger partial charge in [0.05, 0.1) is 12.1 Å². The molecule has 0 bridgehead atoms. The molecule has 3 fully saturated rings. The van der Waals surface area contributed by atoms with Crippen molar-refractivity contribution in [2.75, 3.05) is 39.8 Å². The van der Waals surface area contributed by atoms with Gasteiger partial charge < -0.3 is 20.0 Å². The number of likely N-dealkylation sites (N-methyl/N-ethyl adjacent to an activating group) is 1. The van der Waals surface area contributed by atoms with Crippen LogP contribution in [0.2, 0.25) is 0 Å². The van der Waals surface area contributed by atoms with Gasteiger partial charge in [0.1, 0.15) is 6.04 Å². The predicted molar refractivity (Wildman–Crippen MR) is 162 cm³/mol. The molecule has 0 aromatic rings. The summed E-state index contributed by atoms with van der Waals surface area (Å²) in [6.45, 7) is 19.3. The van der Waals surface area contributed by atoms with E-state index in [1.165, 1.54) is 12.8 Å². The molecule has 3 unspecified atom stereocenters. The summed E-state index contributed by atoms with van der Waals surface area (Å²) in [4.78, 5) is 49.5. The highest BCUT2D eigenvalue weighted by Gasteiger charge is 2.37. The van der Waals surface area contributed by atoms with Crippen LogP contribution in [0, 0.1) is 11.8 Å². The average Bonchev–Trinajstić information content (AvgIpc) is 3.61. The van der Waals surface area contributed by atoms with Crippen molar-refractivity contribution in [3.8, 4) is 0 Å². The van der Waals surface area contributed by atoms with Crippen LogP contribution in [-0.2, 0) is 14.4 Å². The lowest BCUT2D eigenvalue weighted by Crippen LogP contribution is -2.58. The third kappa shape index (κ3) is 8.09. The van der Waals surface area contributed by atoms with Gasteiger partial charge in [-0.2, -0.15) is 0 Å². The Balaban J connectivity index is 1.71. The molecule has 228 valence electrons. The zero-order valence-corrected chi connectivity index (χ0v) is 26.6. The fraction of sp³-hybridized carbons (Fsp3) is 0.844. The Morgan fingerprint density at radius 1 is 0.875 bits per heavy atom. The van der Waals surface area contributed by atoms with Crippen LogP contribution in [0.1, 0.15) is 93.4 Å². The van der Waals surface area contributed by atoms with Gasteiger partial charge in [0.15, 0.2) is 0 Å². The van der Waals surface area contributed by atoms with E-state index >= 15 is 0 Å². The number of amides is 3. The van der Waals surface area contributed by atoms with Crippen LogP contribution in [0.4, 0.5) is 0 Å². The maximum atomic E-state index is 13.9.